The normalized spacial score (nSPS) is 9.81. The Bertz CT molecular complexity index is 718. The summed E-state index contributed by atoms with van der Waals surface area (Å²) in [5, 5.41) is 13.1. The van der Waals surface area contributed by atoms with Crippen LogP contribution in [0.3, 0.4) is 0 Å². The van der Waals surface area contributed by atoms with Crippen LogP contribution in [0.2, 0.25) is 5.02 Å². The molecule has 0 aliphatic carbocycles. The molecule has 0 bridgehead atoms. The van der Waals surface area contributed by atoms with Gasteiger partial charge in [-0.2, -0.15) is 0 Å². The number of ether oxygens (including phenoxy) is 1. The maximum Gasteiger partial charge on any atom is 0.312 e. The summed E-state index contributed by atoms with van der Waals surface area (Å²) in [5.41, 5.74) is 6.01. The first kappa shape index (κ1) is 15.3. The van der Waals surface area contributed by atoms with Crippen molar-refractivity contribution in [2.24, 2.45) is 5.73 Å². The Balaban J connectivity index is 2.09. The molecule has 7 heteroatoms. The Morgan fingerprint density at radius 1 is 1.43 bits per heavy atom. The largest absolute Gasteiger partial charge is 0.481 e. The number of rotatable bonds is 4. The molecule has 0 radical (unpaired) electrons. The molecule has 2 rings (SSSR count). The summed E-state index contributed by atoms with van der Waals surface area (Å²) in [6.07, 6.45) is 0. The van der Waals surface area contributed by atoms with Gasteiger partial charge in [0.2, 0.25) is 0 Å². The molecular weight excluding hydrogens is 312 g/mol. The molecule has 0 aliphatic rings. The topological polar surface area (TPSA) is 78.4 Å². The van der Waals surface area contributed by atoms with E-state index in [1.807, 2.05) is 11.4 Å². The highest BCUT2D eigenvalue weighted by atomic mass is 35.5. The molecule has 2 aromatic rings. The number of hydrogen-bond donors (Lipinski definition) is 1. The molecule has 5 nitrogen and oxygen atoms in total. The van der Waals surface area contributed by atoms with Gasteiger partial charge in [0.05, 0.1) is 11.5 Å². The lowest BCUT2D eigenvalue weighted by atomic mass is 10.3. The third kappa shape index (κ3) is 4.20. The molecule has 0 saturated carbocycles. The minimum atomic E-state index is -0.520. The van der Waals surface area contributed by atoms with Crippen molar-refractivity contribution in [1.82, 2.24) is 0 Å². The molecule has 0 saturated heterocycles. The van der Waals surface area contributed by atoms with Gasteiger partial charge in [-0.15, -0.1) is 11.3 Å². The molecule has 1 aromatic heterocycles. The van der Waals surface area contributed by atoms with E-state index in [4.69, 9.17) is 22.1 Å². The Kier molecular flexibility index (Phi) is 5.17. The molecule has 2 N–H and O–H groups in total. The third-order valence-corrected chi connectivity index (χ3v) is 3.62. The van der Waals surface area contributed by atoms with E-state index in [0.29, 0.717) is 11.6 Å². The number of nitro groups is 1. The predicted octanol–water partition coefficient (Wildman–Crippen LogP) is 3.20. The summed E-state index contributed by atoms with van der Waals surface area (Å²) in [6.45, 7) is 0.538. The number of benzene rings is 1. The van der Waals surface area contributed by atoms with E-state index in [2.05, 4.69) is 11.8 Å². The van der Waals surface area contributed by atoms with Gasteiger partial charge in [-0.25, -0.2) is 0 Å². The maximum absolute atomic E-state index is 10.9. The highest BCUT2D eigenvalue weighted by Crippen LogP contribution is 2.30. The Labute approximate surface area is 130 Å². The lowest BCUT2D eigenvalue weighted by Gasteiger charge is -2.05. The summed E-state index contributed by atoms with van der Waals surface area (Å²) < 4.78 is 5.49. The maximum atomic E-state index is 10.9. The second-order valence-electron chi connectivity index (χ2n) is 3.97. The lowest BCUT2D eigenvalue weighted by molar-refractivity contribution is -0.385. The van der Waals surface area contributed by atoms with Crippen LogP contribution < -0.4 is 10.5 Å². The van der Waals surface area contributed by atoms with Crippen molar-refractivity contribution in [2.45, 2.75) is 6.61 Å². The fourth-order valence-electron chi connectivity index (χ4n) is 1.58. The highest BCUT2D eigenvalue weighted by Gasteiger charge is 2.15. The number of halogens is 1. The van der Waals surface area contributed by atoms with Gasteiger partial charge in [-0.1, -0.05) is 23.4 Å². The lowest BCUT2D eigenvalue weighted by Crippen LogP contribution is -1.97. The van der Waals surface area contributed by atoms with Crippen molar-refractivity contribution in [1.29, 1.82) is 0 Å². The average molecular weight is 323 g/mol. The van der Waals surface area contributed by atoms with Crippen molar-refractivity contribution in [3.8, 4) is 17.6 Å². The fourth-order valence-corrected chi connectivity index (χ4v) is 2.47. The quantitative estimate of drug-likeness (QED) is 0.532. The summed E-state index contributed by atoms with van der Waals surface area (Å²) in [7, 11) is 0. The van der Waals surface area contributed by atoms with E-state index in [0.717, 1.165) is 10.4 Å². The van der Waals surface area contributed by atoms with Gasteiger partial charge in [0.1, 0.15) is 6.61 Å². The Hall–Kier alpha value is -2.07. The molecular formula is C14H11ClN2O3S. The number of thiophene rings is 1. The molecule has 0 fully saturated rings. The van der Waals surface area contributed by atoms with Gasteiger partial charge < -0.3 is 10.5 Å². The van der Waals surface area contributed by atoms with Gasteiger partial charge in [0, 0.05) is 26.9 Å². The second-order valence-corrected chi connectivity index (χ2v) is 5.40. The second kappa shape index (κ2) is 7.09. The molecule has 1 aromatic carbocycles. The standard InChI is InChI=1S/C14H11ClN2O3S/c15-11-3-4-14(13(7-11)17(18)19)20-8-12-6-10(9-21-12)2-1-5-16/h3-4,6-7,9H,5,8,16H2. The molecule has 1 heterocycles. The first-order valence-electron chi connectivity index (χ1n) is 5.93. The van der Waals surface area contributed by atoms with Crippen LogP contribution in [0.15, 0.2) is 29.6 Å². The van der Waals surface area contributed by atoms with Crippen molar-refractivity contribution in [2.75, 3.05) is 6.54 Å². The van der Waals surface area contributed by atoms with Crippen LogP contribution in [-0.2, 0) is 6.61 Å². The summed E-state index contributed by atoms with van der Waals surface area (Å²) in [4.78, 5) is 11.3. The van der Waals surface area contributed by atoms with Gasteiger partial charge in [-0.3, -0.25) is 10.1 Å². The van der Waals surface area contributed by atoms with Crippen LogP contribution in [0.25, 0.3) is 0 Å². The SMILES string of the molecule is NCC#Cc1csc(COc2ccc(Cl)cc2[N+](=O)[O-])c1. The zero-order valence-electron chi connectivity index (χ0n) is 10.8. The monoisotopic (exact) mass is 322 g/mol. The van der Waals surface area contributed by atoms with E-state index in [-0.39, 0.29) is 18.0 Å². The van der Waals surface area contributed by atoms with Crippen LogP contribution in [0.5, 0.6) is 5.75 Å². The fraction of sp³-hybridized carbons (Fsp3) is 0.143. The summed E-state index contributed by atoms with van der Waals surface area (Å²) in [5.74, 6) is 5.86. The molecule has 0 spiro atoms. The van der Waals surface area contributed by atoms with Crippen LogP contribution in [0.1, 0.15) is 10.4 Å². The number of nitrogens with two attached hydrogens (primary N) is 1. The smallest absolute Gasteiger partial charge is 0.312 e. The van der Waals surface area contributed by atoms with Gasteiger partial charge in [0.15, 0.2) is 5.75 Å². The molecule has 21 heavy (non-hydrogen) atoms. The molecule has 0 unspecified atom stereocenters. The molecule has 0 amide bonds. The average Bonchev–Trinajstić information content (AvgIpc) is 2.91. The highest BCUT2D eigenvalue weighted by molar-refractivity contribution is 7.10. The number of hydrogen-bond acceptors (Lipinski definition) is 5. The minimum Gasteiger partial charge on any atom is -0.481 e. The Morgan fingerprint density at radius 3 is 2.95 bits per heavy atom. The zero-order valence-corrected chi connectivity index (χ0v) is 12.4. The third-order valence-electron chi connectivity index (χ3n) is 2.48. The van der Waals surface area contributed by atoms with Gasteiger partial charge >= 0.3 is 5.69 Å². The van der Waals surface area contributed by atoms with E-state index in [9.17, 15) is 10.1 Å². The van der Waals surface area contributed by atoms with Gasteiger partial charge in [0.25, 0.3) is 0 Å². The first-order valence-corrected chi connectivity index (χ1v) is 7.19. The number of nitro benzene ring substituents is 1. The summed E-state index contributed by atoms with van der Waals surface area (Å²) >= 11 is 7.22. The van der Waals surface area contributed by atoms with E-state index in [1.165, 1.54) is 23.5 Å². The van der Waals surface area contributed by atoms with E-state index >= 15 is 0 Å². The van der Waals surface area contributed by atoms with Crippen molar-refractivity contribution in [3.05, 3.63) is 55.2 Å². The van der Waals surface area contributed by atoms with E-state index < -0.39 is 4.92 Å². The molecule has 0 aliphatic heterocycles. The molecule has 0 atom stereocenters. The van der Waals surface area contributed by atoms with Gasteiger partial charge in [-0.05, 0) is 18.2 Å². The minimum absolute atomic E-state index is 0.151. The predicted molar refractivity (Wildman–Crippen MR) is 82.7 cm³/mol. The van der Waals surface area contributed by atoms with Crippen LogP contribution in [-0.4, -0.2) is 11.5 Å². The van der Waals surface area contributed by atoms with Crippen molar-refractivity contribution >= 4 is 28.6 Å². The van der Waals surface area contributed by atoms with Crippen LogP contribution in [0.4, 0.5) is 5.69 Å². The summed E-state index contributed by atoms with van der Waals surface area (Å²) in [6, 6.07) is 6.18. The van der Waals surface area contributed by atoms with Crippen molar-refractivity contribution < 1.29 is 9.66 Å². The van der Waals surface area contributed by atoms with Crippen molar-refractivity contribution in [3.63, 3.8) is 0 Å². The van der Waals surface area contributed by atoms with Crippen LogP contribution >= 0.6 is 22.9 Å². The first-order chi connectivity index (χ1) is 10.1. The Morgan fingerprint density at radius 2 is 2.24 bits per heavy atom. The number of nitrogens with zero attached hydrogens (tertiary/aromatic N) is 1. The zero-order chi connectivity index (χ0) is 15.2. The molecule has 108 valence electrons. The van der Waals surface area contributed by atoms with Crippen LogP contribution in [0, 0.1) is 22.0 Å². The van der Waals surface area contributed by atoms with E-state index in [1.54, 1.807) is 6.07 Å².